The number of nitriles is 1. The van der Waals surface area contributed by atoms with Crippen LogP contribution >= 0.6 is 11.6 Å². The third-order valence-corrected chi connectivity index (χ3v) is 5.77. The maximum atomic E-state index is 12.8. The number of anilines is 1. The van der Waals surface area contributed by atoms with Gasteiger partial charge in [-0.1, -0.05) is 67.1 Å². The molecule has 0 atom stereocenters. The zero-order chi connectivity index (χ0) is 22.5. The Kier molecular flexibility index (Phi) is 6.39. The predicted molar refractivity (Wildman–Crippen MR) is 131 cm³/mol. The van der Waals surface area contributed by atoms with Crippen molar-refractivity contribution in [2.75, 3.05) is 5.32 Å². The number of rotatable bonds is 6. The molecule has 0 aliphatic carbocycles. The highest BCUT2D eigenvalue weighted by Crippen LogP contribution is 2.26. The van der Waals surface area contributed by atoms with E-state index in [2.05, 4.69) is 16.8 Å². The van der Waals surface area contributed by atoms with Gasteiger partial charge in [0.05, 0.1) is 0 Å². The minimum atomic E-state index is -0.431. The number of hydrogen-bond acceptors (Lipinski definition) is 2. The van der Waals surface area contributed by atoms with Crippen LogP contribution in [0.3, 0.4) is 0 Å². The van der Waals surface area contributed by atoms with Gasteiger partial charge < -0.3 is 9.88 Å². The molecule has 5 heteroatoms. The first-order valence-electron chi connectivity index (χ1n) is 10.4. The van der Waals surface area contributed by atoms with Crippen molar-refractivity contribution in [2.45, 2.75) is 19.9 Å². The first-order chi connectivity index (χ1) is 15.6. The van der Waals surface area contributed by atoms with Crippen LogP contribution in [0.5, 0.6) is 0 Å². The summed E-state index contributed by atoms with van der Waals surface area (Å²) in [4.78, 5) is 12.8. The number of carbonyl (C=O) groups is 1. The molecular formula is C27H22ClN3O. The number of hydrogen-bond donors (Lipinski definition) is 1. The van der Waals surface area contributed by atoms with Crippen LogP contribution in [0.2, 0.25) is 5.02 Å². The van der Waals surface area contributed by atoms with Crippen LogP contribution in [-0.2, 0) is 17.8 Å². The van der Waals surface area contributed by atoms with E-state index in [0.29, 0.717) is 17.3 Å². The van der Waals surface area contributed by atoms with E-state index in [1.807, 2.05) is 85.1 Å². The van der Waals surface area contributed by atoms with Gasteiger partial charge in [-0.25, -0.2) is 0 Å². The van der Waals surface area contributed by atoms with Crippen LogP contribution in [0, 0.1) is 11.3 Å². The van der Waals surface area contributed by atoms with Gasteiger partial charge in [0, 0.05) is 39.9 Å². The van der Waals surface area contributed by atoms with E-state index >= 15 is 0 Å². The van der Waals surface area contributed by atoms with Crippen LogP contribution in [0.4, 0.5) is 5.69 Å². The molecule has 1 heterocycles. The topological polar surface area (TPSA) is 57.8 Å². The maximum Gasteiger partial charge on any atom is 0.266 e. The molecule has 1 N–H and O–H groups in total. The lowest BCUT2D eigenvalue weighted by Crippen LogP contribution is -2.13. The normalized spacial score (nSPS) is 11.3. The molecule has 0 aliphatic heterocycles. The van der Waals surface area contributed by atoms with Gasteiger partial charge in [-0.3, -0.25) is 4.79 Å². The Bertz CT molecular complexity index is 1340. The van der Waals surface area contributed by atoms with Gasteiger partial charge in [-0.2, -0.15) is 5.26 Å². The summed E-state index contributed by atoms with van der Waals surface area (Å²) in [6, 6.07) is 25.3. The van der Waals surface area contributed by atoms with Gasteiger partial charge >= 0.3 is 0 Å². The molecule has 3 aromatic carbocycles. The van der Waals surface area contributed by atoms with Crippen LogP contribution in [0.15, 0.2) is 84.6 Å². The quantitative estimate of drug-likeness (QED) is 0.277. The lowest BCUT2D eigenvalue weighted by molar-refractivity contribution is -0.112. The van der Waals surface area contributed by atoms with Crippen molar-refractivity contribution in [3.8, 4) is 6.07 Å². The highest BCUT2D eigenvalue weighted by atomic mass is 35.5. The summed E-state index contributed by atoms with van der Waals surface area (Å²) in [6.07, 6.45) is 4.52. The molecule has 0 aliphatic rings. The fourth-order valence-corrected chi connectivity index (χ4v) is 3.85. The van der Waals surface area contributed by atoms with E-state index in [0.717, 1.165) is 28.5 Å². The Balaban J connectivity index is 1.66. The average molecular weight is 440 g/mol. The Hall–Kier alpha value is -3.81. The van der Waals surface area contributed by atoms with Crippen LogP contribution in [0.25, 0.3) is 17.0 Å². The lowest BCUT2D eigenvalue weighted by atomic mass is 10.1. The maximum absolute atomic E-state index is 12.8. The number of amides is 1. The molecule has 0 spiro atoms. The van der Waals surface area contributed by atoms with Gasteiger partial charge in [0.25, 0.3) is 5.91 Å². The number of fused-ring (bicyclic) bond motifs is 1. The van der Waals surface area contributed by atoms with Gasteiger partial charge in [0.15, 0.2) is 0 Å². The molecule has 0 unspecified atom stereocenters. The third kappa shape index (κ3) is 4.59. The van der Waals surface area contributed by atoms with Crippen molar-refractivity contribution in [3.63, 3.8) is 0 Å². The second-order valence-corrected chi connectivity index (χ2v) is 7.90. The van der Waals surface area contributed by atoms with Crippen molar-refractivity contribution in [2.24, 2.45) is 0 Å². The van der Waals surface area contributed by atoms with E-state index in [4.69, 9.17) is 11.6 Å². The Labute approximate surface area is 192 Å². The smallest absolute Gasteiger partial charge is 0.266 e. The molecular weight excluding hydrogens is 418 g/mol. The molecule has 1 aromatic heterocycles. The number of para-hydroxylation sites is 1. The van der Waals surface area contributed by atoms with Gasteiger partial charge in [0.2, 0.25) is 0 Å². The van der Waals surface area contributed by atoms with Crippen LogP contribution < -0.4 is 5.32 Å². The fraction of sp³-hybridized carbons (Fsp3) is 0.111. The second-order valence-electron chi connectivity index (χ2n) is 7.50. The number of halogens is 1. The molecule has 158 valence electrons. The standard InChI is InChI=1S/C27H22ClN3O/c1-2-19-11-13-23(14-12-19)30-27(32)21(16-29)15-22-18-31(26-10-6-4-8-24(22)26)17-20-7-3-5-9-25(20)28/h3-15,18H,2,17H2,1H3,(H,30,32)/b21-15-. The molecule has 4 aromatic rings. The highest BCUT2D eigenvalue weighted by Gasteiger charge is 2.13. The van der Waals surface area contributed by atoms with Crippen molar-refractivity contribution in [3.05, 3.63) is 106 Å². The summed E-state index contributed by atoms with van der Waals surface area (Å²) in [7, 11) is 0. The second kappa shape index (κ2) is 9.55. The Morgan fingerprint density at radius 2 is 1.78 bits per heavy atom. The van der Waals surface area contributed by atoms with Gasteiger partial charge in [-0.15, -0.1) is 0 Å². The summed E-state index contributed by atoms with van der Waals surface area (Å²) in [6.45, 7) is 2.66. The summed E-state index contributed by atoms with van der Waals surface area (Å²) in [5.41, 5.74) is 4.71. The molecule has 0 bridgehead atoms. The lowest BCUT2D eigenvalue weighted by Gasteiger charge is -2.07. The molecule has 4 nitrogen and oxygen atoms in total. The summed E-state index contributed by atoms with van der Waals surface area (Å²) >= 11 is 6.36. The summed E-state index contributed by atoms with van der Waals surface area (Å²) in [5.74, 6) is -0.431. The minimum absolute atomic E-state index is 0.0465. The summed E-state index contributed by atoms with van der Waals surface area (Å²) in [5, 5.41) is 14.1. The van der Waals surface area contributed by atoms with Crippen LogP contribution in [0.1, 0.15) is 23.6 Å². The Morgan fingerprint density at radius 1 is 1.06 bits per heavy atom. The van der Waals surface area contributed by atoms with Gasteiger partial charge in [-0.05, 0) is 47.9 Å². The van der Waals surface area contributed by atoms with E-state index in [9.17, 15) is 10.1 Å². The number of benzene rings is 3. The fourth-order valence-electron chi connectivity index (χ4n) is 3.66. The first kappa shape index (κ1) is 21.4. The molecule has 32 heavy (non-hydrogen) atoms. The molecule has 0 saturated heterocycles. The number of nitrogens with one attached hydrogen (secondary N) is 1. The number of aromatic nitrogens is 1. The number of aryl methyl sites for hydroxylation is 1. The SMILES string of the molecule is CCc1ccc(NC(=O)/C(C#N)=C\c2cn(Cc3ccccc3Cl)c3ccccc23)cc1. The summed E-state index contributed by atoms with van der Waals surface area (Å²) < 4.78 is 2.08. The molecule has 0 saturated carbocycles. The molecule has 4 rings (SSSR count). The van der Waals surface area contributed by atoms with Gasteiger partial charge in [0.1, 0.15) is 11.6 Å². The highest BCUT2D eigenvalue weighted by molar-refractivity contribution is 6.31. The van der Waals surface area contributed by atoms with Crippen LogP contribution in [-0.4, -0.2) is 10.5 Å². The first-order valence-corrected chi connectivity index (χ1v) is 10.8. The third-order valence-electron chi connectivity index (χ3n) is 5.40. The Morgan fingerprint density at radius 3 is 2.50 bits per heavy atom. The van der Waals surface area contributed by atoms with E-state index in [1.54, 1.807) is 6.08 Å². The van der Waals surface area contributed by atoms with Crippen molar-refractivity contribution >= 4 is 40.2 Å². The minimum Gasteiger partial charge on any atom is -0.342 e. The number of carbonyl (C=O) groups excluding carboxylic acids is 1. The van der Waals surface area contributed by atoms with Crippen molar-refractivity contribution in [1.29, 1.82) is 5.26 Å². The predicted octanol–water partition coefficient (Wildman–Crippen LogP) is 6.45. The largest absolute Gasteiger partial charge is 0.342 e. The van der Waals surface area contributed by atoms with Crippen molar-refractivity contribution < 1.29 is 4.79 Å². The van der Waals surface area contributed by atoms with E-state index in [-0.39, 0.29) is 5.57 Å². The van der Waals surface area contributed by atoms with Crippen molar-refractivity contribution in [1.82, 2.24) is 4.57 Å². The average Bonchev–Trinajstić information content (AvgIpc) is 3.16. The van der Waals surface area contributed by atoms with E-state index < -0.39 is 5.91 Å². The molecule has 0 radical (unpaired) electrons. The molecule has 1 amide bonds. The zero-order valence-electron chi connectivity index (χ0n) is 17.7. The zero-order valence-corrected chi connectivity index (χ0v) is 18.4. The monoisotopic (exact) mass is 439 g/mol. The molecule has 0 fully saturated rings. The number of nitrogens with zero attached hydrogens (tertiary/aromatic N) is 2. The van der Waals surface area contributed by atoms with E-state index in [1.165, 1.54) is 5.56 Å².